The molecule has 0 aliphatic rings. The lowest BCUT2D eigenvalue weighted by molar-refractivity contribution is 0.0782. The molecule has 55 heavy (non-hydrogen) atoms. The Morgan fingerprint density at radius 1 is 0.655 bits per heavy atom. The zero-order valence-electron chi connectivity index (χ0n) is 31.6. The first kappa shape index (κ1) is 39.2. The molecule has 1 N–H and O–H groups in total. The lowest BCUT2D eigenvalue weighted by Crippen LogP contribution is -2.28. The summed E-state index contributed by atoms with van der Waals surface area (Å²) < 4.78 is 48.6. The molecular weight excluding hydrogens is 727 g/mol. The topological polar surface area (TPSA) is 127 Å². The Labute approximate surface area is 323 Å². The van der Waals surface area contributed by atoms with Gasteiger partial charge in [-0.25, -0.2) is 16.8 Å². The molecule has 3 aromatic heterocycles. The van der Waals surface area contributed by atoms with E-state index in [1.165, 1.54) is 17.9 Å². The fourth-order valence-corrected chi connectivity index (χ4v) is 7.23. The number of para-hydroxylation sites is 1. The molecule has 7 rings (SSSR count). The van der Waals surface area contributed by atoms with E-state index in [0.29, 0.717) is 16.8 Å². The van der Waals surface area contributed by atoms with Crippen LogP contribution in [0.15, 0.2) is 145 Å². The number of pyridine rings is 3. The summed E-state index contributed by atoms with van der Waals surface area (Å²) in [5.41, 5.74) is 6.77. The molecule has 0 unspecified atom stereocenters. The summed E-state index contributed by atoms with van der Waals surface area (Å²) in [6.07, 6.45) is 9.56. The summed E-state index contributed by atoms with van der Waals surface area (Å²) >= 11 is 0. The maximum absolute atomic E-state index is 12.8. The molecule has 8 nitrogen and oxygen atoms in total. The molecule has 0 aliphatic carbocycles. The molecule has 0 radical (unpaired) electrons. The number of aromatic nitrogens is 3. The molecule has 4 aromatic carbocycles. The highest BCUT2D eigenvalue weighted by molar-refractivity contribution is 7.91. The van der Waals surface area contributed by atoms with E-state index >= 15 is 0 Å². The van der Waals surface area contributed by atoms with Gasteiger partial charge in [0.05, 0.1) is 32.0 Å². The quantitative estimate of drug-likeness (QED) is 0.152. The second-order valence-electron chi connectivity index (χ2n) is 14.5. The maximum Gasteiger partial charge on any atom is 0.175 e. The van der Waals surface area contributed by atoms with Gasteiger partial charge in [-0.05, 0) is 111 Å². The highest BCUT2D eigenvalue weighted by Crippen LogP contribution is 2.37. The van der Waals surface area contributed by atoms with Crippen LogP contribution in [0.4, 0.5) is 0 Å². The molecule has 7 aromatic rings. The maximum atomic E-state index is 12.8. The zero-order valence-corrected chi connectivity index (χ0v) is 33.2. The summed E-state index contributed by atoms with van der Waals surface area (Å²) in [6.45, 7) is 6.81. The van der Waals surface area contributed by atoms with Crippen LogP contribution in [-0.2, 0) is 30.0 Å². The van der Waals surface area contributed by atoms with Gasteiger partial charge in [0.1, 0.15) is 0 Å². The van der Waals surface area contributed by atoms with Gasteiger partial charge in [0.15, 0.2) is 19.7 Å². The van der Waals surface area contributed by atoms with Crippen molar-refractivity contribution in [2.24, 2.45) is 0 Å². The number of hydrogen-bond donors (Lipinski definition) is 1. The van der Waals surface area contributed by atoms with E-state index < -0.39 is 30.0 Å². The Bertz CT molecular complexity index is 2690. The van der Waals surface area contributed by atoms with Gasteiger partial charge in [-0.1, -0.05) is 66.7 Å². The van der Waals surface area contributed by atoms with E-state index in [9.17, 15) is 21.9 Å². The number of sulfone groups is 2. The Kier molecular flexibility index (Phi) is 10.9. The molecule has 0 fully saturated rings. The van der Waals surface area contributed by atoms with Crippen molar-refractivity contribution in [2.75, 3.05) is 12.5 Å². The van der Waals surface area contributed by atoms with Gasteiger partial charge in [0.25, 0.3) is 0 Å². The van der Waals surface area contributed by atoms with Crippen molar-refractivity contribution < 1.29 is 21.9 Å². The van der Waals surface area contributed by atoms with Crippen molar-refractivity contribution in [1.82, 2.24) is 15.0 Å². The van der Waals surface area contributed by atoms with Crippen molar-refractivity contribution >= 4 is 53.1 Å². The fourth-order valence-electron chi connectivity index (χ4n) is 6.05. The molecule has 0 saturated carbocycles. The molecular formula is C45H43N3O5S2. The normalized spacial score (nSPS) is 12.7. The van der Waals surface area contributed by atoms with E-state index in [4.69, 9.17) is 0 Å². The van der Waals surface area contributed by atoms with Crippen molar-refractivity contribution in [1.29, 1.82) is 0 Å². The summed E-state index contributed by atoms with van der Waals surface area (Å²) in [5.74, 6) is 0. The van der Waals surface area contributed by atoms with Crippen LogP contribution in [-0.4, -0.2) is 49.4 Å². The lowest BCUT2D eigenvalue weighted by Gasteiger charge is -2.24. The van der Waals surface area contributed by atoms with Gasteiger partial charge in [-0.15, -0.1) is 0 Å². The zero-order chi connectivity index (χ0) is 39.6. The standard InChI is InChI=1S/C36H36N2O5S2.C9H7N/c1-35(2,39)28-14-17-33(38-23-28)31(25-12-15-30(16-13-25)44(5,40)41)20-24-9-7-10-26(19-24)32-22-29(36(3,4)45(6,42)43)21-27-11-8-18-37-34(27)32;1-2-6-9-8(4-1)5-3-7-10-9/h7-23,39H,1-6H3;1-7H/b31-20+;. The molecule has 0 saturated heterocycles. The largest absolute Gasteiger partial charge is 0.386 e. The van der Waals surface area contributed by atoms with E-state index in [0.717, 1.165) is 44.2 Å². The van der Waals surface area contributed by atoms with Crippen molar-refractivity contribution in [3.05, 3.63) is 168 Å². The van der Waals surface area contributed by atoms with Crippen molar-refractivity contribution in [3.8, 4) is 11.1 Å². The van der Waals surface area contributed by atoms with Gasteiger partial charge < -0.3 is 5.11 Å². The van der Waals surface area contributed by atoms with E-state index in [1.807, 2.05) is 97.2 Å². The van der Waals surface area contributed by atoms with Gasteiger partial charge >= 0.3 is 0 Å². The van der Waals surface area contributed by atoms with E-state index in [-0.39, 0.29) is 4.90 Å². The Morgan fingerprint density at radius 2 is 1.33 bits per heavy atom. The predicted molar refractivity (Wildman–Crippen MR) is 223 cm³/mol. The second-order valence-corrected chi connectivity index (χ2v) is 19.1. The number of hydrogen-bond acceptors (Lipinski definition) is 8. The first-order valence-electron chi connectivity index (χ1n) is 17.6. The second kappa shape index (κ2) is 15.3. The summed E-state index contributed by atoms with van der Waals surface area (Å²) in [7, 11) is -6.80. The third-order valence-corrected chi connectivity index (χ3v) is 12.9. The van der Waals surface area contributed by atoms with Crippen LogP contribution in [0.3, 0.4) is 0 Å². The van der Waals surface area contributed by atoms with Gasteiger partial charge in [0.2, 0.25) is 0 Å². The Morgan fingerprint density at radius 3 is 1.96 bits per heavy atom. The minimum Gasteiger partial charge on any atom is -0.386 e. The average molecular weight is 770 g/mol. The first-order chi connectivity index (χ1) is 25.9. The van der Waals surface area contributed by atoms with Crippen LogP contribution in [0.1, 0.15) is 55.6 Å². The van der Waals surface area contributed by atoms with Crippen molar-refractivity contribution in [3.63, 3.8) is 0 Å². The molecule has 0 aliphatic heterocycles. The SMILES string of the molecule is CC(C)(O)c1ccc(/C(=C/c2cccc(-c3cc(C(C)(C)S(C)(=O)=O)cc4cccnc34)c2)c2ccc(S(C)(=O)=O)cc2)nc1.c1ccc2ncccc2c1. The molecule has 3 heterocycles. The van der Waals surface area contributed by atoms with Crippen LogP contribution < -0.4 is 0 Å². The molecule has 0 atom stereocenters. The smallest absolute Gasteiger partial charge is 0.175 e. The van der Waals surface area contributed by atoms with Gasteiger partial charge in [0, 0.05) is 58.6 Å². The van der Waals surface area contributed by atoms with Crippen LogP contribution in [0.2, 0.25) is 0 Å². The molecule has 280 valence electrons. The number of nitrogens with zero attached hydrogens (tertiary/aromatic N) is 3. The minimum atomic E-state index is -3.42. The molecule has 10 heteroatoms. The minimum absolute atomic E-state index is 0.217. The molecule has 0 spiro atoms. The number of aliphatic hydroxyl groups is 1. The summed E-state index contributed by atoms with van der Waals surface area (Å²) in [4.78, 5) is 13.7. The number of fused-ring (bicyclic) bond motifs is 2. The monoisotopic (exact) mass is 769 g/mol. The Hall–Kier alpha value is -5.55. The first-order valence-corrected chi connectivity index (χ1v) is 21.4. The lowest BCUT2D eigenvalue weighted by atomic mass is 9.92. The Balaban J connectivity index is 0.000000441. The van der Waals surface area contributed by atoms with Crippen LogP contribution in [0, 0.1) is 0 Å². The van der Waals surface area contributed by atoms with E-state index in [2.05, 4.69) is 27.1 Å². The number of benzene rings is 4. The number of rotatable bonds is 8. The molecule has 0 amide bonds. The van der Waals surface area contributed by atoms with Gasteiger partial charge in [-0.3, -0.25) is 15.0 Å². The fraction of sp³-hybridized carbons (Fsp3) is 0.178. The predicted octanol–water partition coefficient (Wildman–Crippen LogP) is 9.03. The van der Waals surface area contributed by atoms with Crippen molar-refractivity contribution in [2.45, 2.75) is 42.9 Å². The van der Waals surface area contributed by atoms with E-state index in [1.54, 1.807) is 64.4 Å². The third-order valence-electron chi connectivity index (χ3n) is 9.69. The van der Waals surface area contributed by atoms with Gasteiger partial charge in [-0.2, -0.15) is 0 Å². The third kappa shape index (κ3) is 8.89. The summed E-state index contributed by atoms with van der Waals surface area (Å²) in [6, 6.07) is 37.8. The summed E-state index contributed by atoms with van der Waals surface area (Å²) in [5, 5.41) is 12.5. The van der Waals surface area contributed by atoms with Crippen LogP contribution >= 0.6 is 0 Å². The van der Waals surface area contributed by atoms with Crippen LogP contribution in [0.25, 0.3) is 44.6 Å². The average Bonchev–Trinajstić information content (AvgIpc) is 3.16. The highest BCUT2D eigenvalue weighted by atomic mass is 32.2. The molecule has 0 bridgehead atoms. The highest BCUT2D eigenvalue weighted by Gasteiger charge is 2.33. The van der Waals surface area contributed by atoms with Crippen LogP contribution in [0.5, 0.6) is 0 Å².